The average Bonchev–Trinajstić information content (AvgIpc) is 2.92. The quantitative estimate of drug-likeness (QED) is 0.821. The van der Waals surface area contributed by atoms with Gasteiger partial charge in [0.05, 0.1) is 18.8 Å². The molecule has 2 heterocycles. The van der Waals surface area contributed by atoms with Crippen molar-refractivity contribution in [3.8, 4) is 0 Å². The van der Waals surface area contributed by atoms with Crippen LogP contribution in [0.2, 0.25) is 0 Å². The number of nitrogens with one attached hydrogen (secondary N) is 1. The molecular weight excluding hydrogens is 266 g/mol. The number of hydrogen-bond acceptors (Lipinski definition) is 4. The summed E-state index contributed by atoms with van der Waals surface area (Å²) in [5, 5.41) is 7.54. The Morgan fingerprint density at radius 3 is 2.67 bits per heavy atom. The summed E-state index contributed by atoms with van der Waals surface area (Å²) in [6.45, 7) is 12.4. The molecule has 6 nitrogen and oxygen atoms in total. The average molecular weight is 293 g/mol. The number of carbonyl (C=O) groups is 1. The molecule has 118 valence electrons. The third kappa shape index (κ3) is 4.54. The highest BCUT2D eigenvalue weighted by Crippen LogP contribution is 2.03. The molecule has 6 heteroatoms. The van der Waals surface area contributed by atoms with Gasteiger partial charge >= 0.3 is 0 Å². The number of amides is 1. The van der Waals surface area contributed by atoms with Crippen molar-refractivity contribution in [3.63, 3.8) is 0 Å². The Balaban J connectivity index is 1.70. The third-order valence-corrected chi connectivity index (χ3v) is 4.06. The van der Waals surface area contributed by atoms with Gasteiger partial charge in [0, 0.05) is 38.9 Å². The molecule has 1 aromatic heterocycles. The van der Waals surface area contributed by atoms with Gasteiger partial charge in [-0.1, -0.05) is 6.92 Å². The molecule has 0 aromatic carbocycles. The van der Waals surface area contributed by atoms with Crippen molar-refractivity contribution in [2.24, 2.45) is 0 Å². The first-order chi connectivity index (χ1) is 10.1. The van der Waals surface area contributed by atoms with Crippen LogP contribution >= 0.6 is 0 Å². The van der Waals surface area contributed by atoms with E-state index in [1.165, 1.54) is 0 Å². The highest BCUT2D eigenvalue weighted by atomic mass is 16.2. The molecule has 0 spiro atoms. The molecule has 1 fully saturated rings. The summed E-state index contributed by atoms with van der Waals surface area (Å²) in [5.74, 6) is 0.211. The Hall–Kier alpha value is -1.40. The van der Waals surface area contributed by atoms with Crippen LogP contribution in [0.5, 0.6) is 0 Å². The number of aryl methyl sites for hydroxylation is 1. The summed E-state index contributed by atoms with van der Waals surface area (Å²) in [6.07, 6.45) is 3.86. The van der Waals surface area contributed by atoms with E-state index >= 15 is 0 Å². The van der Waals surface area contributed by atoms with Crippen LogP contribution in [0.1, 0.15) is 19.4 Å². The van der Waals surface area contributed by atoms with Crippen LogP contribution in [0.25, 0.3) is 0 Å². The van der Waals surface area contributed by atoms with Crippen molar-refractivity contribution in [3.05, 3.63) is 18.0 Å². The minimum atomic E-state index is -0.130. The second-order valence-corrected chi connectivity index (χ2v) is 5.72. The van der Waals surface area contributed by atoms with Gasteiger partial charge in [0.1, 0.15) is 0 Å². The zero-order chi connectivity index (χ0) is 15.2. The monoisotopic (exact) mass is 293 g/mol. The first-order valence-corrected chi connectivity index (χ1v) is 7.83. The van der Waals surface area contributed by atoms with Crippen molar-refractivity contribution in [2.75, 3.05) is 39.3 Å². The fourth-order valence-corrected chi connectivity index (χ4v) is 2.63. The van der Waals surface area contributed by atoms with Crippen molar-refractivity contribution in [2.45, 2.75) is 33.4 Å². The standard InChI is InChI=1S/C15H27N5O/c1-4-18-7-9-19(10-8-18)15(21)14(3)16-5-6-20-12-13(2)11-17-20/h11-12,14,16H,4-10H2,1-3H3. The van der Waals surface area contributed by atoms with Crippen molar-refractivity contribution >= 4 is 5.91 Å². The van der Waals surface area contributed by atoms with E-state index in [1.54, 1.807) is 0 Å². The van der Waals surface area contributed by atoms with Crippen LogP contribution in [0.4, 0.5) is 0 Å². The van der Waals surface area contributed by atoms with E-state index in [0.29, 0.717) is 0 Å². The number of carbonyl (C=O) groups excluding carboxylic acids is 1. The Bertz CT molecular complexity index is 451. The van der Waals surface area contributed by atoms with Crippen LogP contribution in [0, 0.1) is 6.92 Å². The number of piperazine rings is 1. The molecule has 1 unspecified atom stereocenters. The van der Waals surface area contributed by atoms with E-state index in [2.05, 4.69) is 22.2 Å². The van der Waals surface area contributed by atoms with E-state index in [4.69, 9.17) is 0 Å². The SMILES string of the molecule is CCN1CCN(C(=O)C(C)NCCn2cc(C)cn2)CC1. The summed E-state index contributed by atoms with van der Waals surface area (Å²) >= 11 is 0. The normalized spacial score (nSPS) is 18.0. The number of hydrogen-bond donors (Lipinski definition) is 1. The molecule has 1 aromatic rings. The lowest BCUT2D eigenvalue weighted by Gasteiger charge is -2.35. The van der Waals surface area contributed by atoms with Crippen LogP contribution in [0.15, 0.2) is 12.4 Å². The summed E-state index contributed by atoms with van der Waals surface area (Å²) < 4.78 is 1.90. The predicted molar refractivity (Wildman–Crippen MR) is 83.1 cm³/mol. The van der Waals surface area contributed by atoms with E-state index < -0.39 is 0 Å². The van der Waals surface area contributed by atoms with Gasteiger partial charge in [0.15, 0.2) is 0 Å². The van der Waals surface area contributed by atoms with E-state index in [0.717, 1.165) is 51.4 Å². The Morgan fingerprint density at radius 2 is 2.10 bits per heavy atom. The molecule has 1 atom stereocenters. The lowest BCUT2D eigenvalue weighted by atomic mass is 10.2. The van der Waals surface area contributed by atoms with Crippen LogP contribution in [-0.2, 0) is 11.3 Å². The van der Waals surface area contributed by atoms with E-state index in [1.807, 2.05) is 35.8 Å². The van der Waals surface area contributed by atoms with Crippen LogP contribution in [-0.4, -0.2) is 70.8 Å². The number of likely N-dealkylation sites (N-methyl/N-ethyl adjacent to an activating group) is 1. The minimum absolute atomic E-state index is 0.130. The summed E-state index contributed by atoms with van der Waals surface area (Å²) in [4.78, 5) is 16.7. The second-order valence-electron chi connectivity index (χ2n) is 5.72. The Labute approximate surface area is 127 Å². The molecule has 2 rings (SSSR count). The maximum atomic E-state index is 12.4. The predicted octanol–water partition coefficient (Wildman–Crippen LogP) is 0.334. The minimum Gasteiger partial charge on any atom is -0.339 e. The van der Waals surface area contributed by atoms with Crippen LogP contribution < -0.4 is 5.32 Å². The van der Waals surface area contributed by atoms with Crippen molar-refractivity contribution in [1.29, 1.82) is 0 Å². The molecule has 0 bridgehead atoms. The van der Waals surface area contributed by atoms with Gasteiger partial charge < -0.3 is 15.1 Å². The summed E-state index contributed by atoms with van der Waals surface area (Å²) in [5.41, 5.74) is 1.16. The van der Waals surface area contributed by atoms with Gasteiger partial charge in [-0.05, 0) is 26.0 Å². The summed E-state index contributed by atoms with van der Waals surface area (Å²) in [6, 6.07) is -0.130. The number of aromatic nitrogens is 2. The van der Waals surface area contributed by atoms with Gasteiger partial charge in [-0.15, -0.1) is 0 Å². The zero-order valence-electron chi connectivity index (χ0n) is 13.4. The van der Waals surface area contributed by atoms with E-state index in [-0.39, 0.29) is 11.9 Å². The lowest BCUT2D eigenvalue weighted by Crippen LogP contribution is -2.53. The van der Waals surface area contributed by atoms with Crippen molar-refractivity contribution < 1.29 is 4.79 Å². The second kappa shape index (κ2) is 7.56. The smallest absolute Gasteiger partial charge is 0.239 e. The molecule has 0 saturated carbocycles. The lowest BCUT2D eigenvalue weighted by molar-refractivity contribution is -0.134. The number of nitrogens with zero attached hydrogens (tertiary/aromatic N) is 4. The molecule has 0 aliphatic carbocycles. The Morgan fingerprint density at radius 1 is 1.38 bits per heavy atom. The largest absolute Gasteiger partial charge is 0.339 e. The highest BCUT2D eigenvalue weighted by Gasteiger charge is 2.23. The molecular formula is C15H27N5O. The van der Waals surface area contributed by atoms with Gasteiger partial charge in [0.2, 0.25) is 5.91 Å². The molecule has 1 aliphatic heterocycles. The highest BCUT2D eigenvalue weighted by molar-refractivity contribution is 5.81. The molecule has 1 N–H and O–H groups in total. The molecule has 1 saturated heterocycles. The van der Waals surface area contributed by atoms with Gasteiger partial charge in [0.25, 0.3) is 0 Å². The molecule has 1 amide bonds. The summed E-state index contributed by atoms with van der Waals surface area (Å²) in [7, 11) is 0. The fourth-order valence-electron chi connectivity index (χ4n) is 2.63. The van der Waals surface area contributed by atoms with Gasteiger partial charge in [-0.2, -0.15) is 5.10 Å². The zero-order valence-corrected chi connectivity index (χ0v) is 13.4. The molecule has 21 heavy (non-hydrogen) atoms. The van der Waals surface area contributed by atoms with Crippen LogP contribution in [0.3, 0.4) is 0 Å². The maximum absolute atomic E-state index is 12.4. The van der Waals surface area contributed by atoms with Gasteiger partial charge in [-0.3, -0.25) is 9.48 Å². The Kier molecular flexibility index (Phi) is 5.76. The third-order valence-electron chi connectivity index (χ3n) is 4.06. The first-order valence-electron chi connectivity index (χ1n) is 7.83. The molecule has 0 radical (unpaired) electrons. The van der Waals surface area contributed by atoms with Gasteiger partial charge in [-0.25, -0.2) is 0 Å². The first kappa shape index (κ1) is 16.0. The fraction of sp³-hybridized carbons (Fsp3) is 0.733. The van der Waals surface area contributed by atoms with Crippen molar-refractivity contribution in [1.82, 2.24) is 24.9 Å². The maximum Gasteiger partial charge on any atom is 0.239 e. The molecule has 1 aliphatic rings. The number of rotatable bonds is 6. The van der Waals surface area contributed by atoms with E-state index in [9.17, 15) is 4.79 Å². The topological polar surface area (TPSA) is 53.4 Å².